The number of aromatic nitrogens is 2. The molecule has 1 aliphatic rings. The quantitative estimate of drug-likeness (QED) is 0.606. The van der Waals surface area contributed by atoms with Gasteiger partial charge in [0.25, 0.3) is 0 Å². The Morgan fingerprint density at radius 1 is 1.38 bits per heavy atom. The maximum Gasteiger partial charge on any atom is 0.191 e. The zero-order valence-corrected chi connectivity index (χ0v) is 15.4. The number of aliphatic imine (C=N–C) groups is 1. The van der Waals surface area contributed by atoms with Crippen LogP contribution in [-0.2, 0) is 6.54 Å². The van der Waals surface area contributed by atoms with Gasteiger partial charge < -0.3 is 15.5 Å². The van der Waals surface area contributed by atoms with Gasteiger partial charge in [-0.05, 0) is 36.8 Å². The van der Waals surface area contributed by atoms with Gasteiger partial charge in [0.05, 0.1) is 6.54 Å². The molecule has 6 nitrogen and oxygen atoms in total. The highest BCUT2D eigenvalue weighted by molar-refractivity contribution is 9.10. The lowest BCUT2D eigenvalue weighted by Gasteiger charge is -2.20. The van der Waals surface area contributed by atoms with Crippen molar-refractivity contribution in [2.75, 3.05) is 31.6 Å². The first-order valence-corrected chi connectivity index (χ1v) is 8.99. The Balaban J connectivity index is 1.45. The highest BCUT2D eigenvalue weighted by atomic mass is 79.9. The van der Waals surface area contributed by atoms with Gasteiger partial charge in [-0.2, -0.15) is 5.10 Å². The van der Waals surface area contributed by atoms with Crippen molar-refractivity contribution in [3.63, 3.8) is 0 Å². The molecule has 0 amide bonds. The molecular formula is C17H23BrN6. The fraction of sp³-hybridized carbons (Fsp3) is 0.412. The van der Waals surface area contributed by atoms with Crippen molar-refractivity contribution in [2.45, 2.75) is 19.0 Å². The first kappa shape index (κ1) is 16.8. The van der Waals surface area contributed by atoms with Gasteiger partial charge in [-0.25, -0.2) is 0 Å². The minimum atomic E-state index is 0.407. The van der Waals surface area contributed by atoms with E-state index in [1.54, 1.807) is 6.20 Å². The summed E-state index contributed by atoms with van der Waals surface area (Å²) in [7, 11) is 1.81. The van der Waals surface area contributed by atoms with E-state index in [9.17, 15) is 0 Å². The van der Waals surface area contributed by atoms with Crippen molar-refractivity contribution >= 4 is 27.6 Å². The summed E-state index contributed by atoms with van der Waals surface area (Å²) in [6, 6.07) is 10.8. The van der Waals surface area contributed by atoms with Crippen molar-refractivity contribution in [2.24, 2.45) is 4.99 Å². The van der Waals surface area contributed by atoms with Gasteiger partial charge >= 0.3 is 0 Å². The van der Waals surface area contributed by atoms with Crippen LogP contribution in [0.15, 0.2) is 52.2 Å². The van der Waals surface area contributed by atoms with Crippen molar-refractivity contribution in [3.05, 3.63) is 47.2 Å². The predicted molar refractivity (Wildman–Crippen MR) is 101 cm³/mol. The Morgan fingerprint density at radius 3 is 2.92 bits per heavy atom. The summed E-state index contributed by atoms with van der Waals surface area (Å²) in [5.74, 6) is 0.852. The fourth-order valence-electron chi connectivity index (χ4n) is 2.87. The molecule has 1 unspecified atom stereocenters. The summed E-state index contributed by atoms with van der Waals surface area (Å²) in [4.78, 5) is 6.72. The lowest BCUT2D eigenvalue weighted by Crippen LogP contribution is -2.45. The molecule has 1 atom stereocenters. The molecule has 1 aromatic carbocycles. The van der Waals surface area contributed by atoms with Crippen molar-refractivity contribution in [3.8, 4) is 0 Å². The number of nitrogens with one attached hydrogen (secondary N) is 2. The van der Waals surface area contributed by atoms with Crippen LogP contribution >= 0.6 is 15.9 Å². The highest BCUT2D eigenvalue weighted by Gasteiger charge is 2.23. The van der Waals surface area contributed by atoms with E-state index < -0.39 is 0 Å². The Hall–Kier alpha value is -2.02. The van der Waals surface area contributed by atoms with E-state index in [-0.39, 0.29) is 0 Å². The molecule has 3 rings (SSSR count). The molecular weight excluding hydrogens is 368 g/mol. The monoisotopic (exact) mass is 390 g/mol. The third-order valence-corrected chi connectivity index (χ3v) is 4.67. The highest BCUT2D eigenvalue weighted by Crippen LogP contribution is 2.22. The van der Waals surface area contributed by atoms with Crippen LogP contribution in [-0.4, -0.2) is 48.5 Å². The van der Waals surface area contributed by atoms with Gasteiger partial charge in [0.15, 0.2) is 5.96 Å². The third kappa shape index (κ3) is 4.50. The number of hydrogen-bond acceptors (Lipinski definition) is 3. The van der Waals surface area contributed by atoms with E-state index in [4.69, 9.17) is 0 Å². The normalized spacial score (nSPS) is 18.0. The molecule has 1 saturated heterocycles. The molecule has 1 fully saturated rings. The van der Waals surface area contributed by atoms with Crippen LogP contribution in [0.25, 0.3) is 0 Å². The molecule has 0 radical (unpaired) electrons. The topological polar surface area (TPSA) is 57.5 Å². The second-order valence-corrected chi connectivity index (χ2v) is 6.74. The summed E-state index contributed by atoms with van der Waals surface area (Å²) < 4.78 is 3.02. The second-order valence-electron chi connectivity index (χ2n) is 5.82. The van der Waals surface area contributed by atoms with Crippen molar-refractivity contribution in [1.29, 1.82) is 0 Å². The summed E-state index contributed by atoms with van der Waals surface area (Å²) in [6.07, 6.45) is 4.86. The second kappa shape index (κ2) is 8.19. The largest absolute Gasteiger partial charge is 0.369 e. The first-order valence-electron chi connectivity index (χ1n) is 8.20. The lowest BCUT2D eigenvalue weighted by molar-refractivity contribution is 0.587. The molecule has 2 aromatic rings. The number of benzene rings is 1. The van der Waals surface area contributed by atoms with E-state index in [2.05, 4.69) is 65.8 Å². The summed E-state index contributed by atoms with van der Waals surface area (Å²) in [5.41, 5.74) is 1.27. The van der Waals surface area contributed by atoms with E-state index >= 15 is 0 Å². The average molecular weight is 391 g/mol. The minimum Gasteiger partial charge on any atom is -0.369 e. The number of hydrogen-bond donors (Lipinski definition) is 2. The number of halogens is 1. The molecule has 128 valence electrons. The molecule has 1 aromatic heterocycles. The Morgan fingerprint density at radius 2 is 2.21 bits per heavy atom. The predicted octanol–water partition coefficient (Wildman–Crippen LogP) is 2.09. The summed E-state index contributed by atoms with van der Waals surface area (Å²) in [5, 5.41) is 11.1. The molecule has 2 heterocycles. The van der Waals surface area contributed by atoms with E-state index in [0.29, 0.717) is 6.04 Å². The summed E-state index contributed by atoms with van der Waals surface area (Å²) >= 11 is 3.49. The molecule has 24 heavy (non-hydrogen) atoms. The smallest absolute Gasteiger partial charge is 0.191 e. The van der Waals surface area contributed by atoms with Crippen LogP contribution in [0.1, 0.15) is 6.42 Å². The zero-order chi connectivity index (χ0) is 16.8. The standard InChI is InChI=1S/C17H23BrN6/c1-19-17(20-9-12-24-10-2-8-21-24)22-15-7-11-23(13-15)16-5-3-14(18)4-6-16/h2-6,8,10,15H,7,9,11-13H2,1H3,(H2,19,20,22). The number of nitrogens with zero attached hydrogens (tertiary/aromatic N) is 4. The van der Waals surface area contributed by atoms with Gasteiger partial charge in [-0.3, -0.25) is 9.67 Å². The molecule has 0 bridgehead atoms. The van der Waals surface area contributed by atoms with E-state index in [0.717, 1.165) is 43.0 Å². The molecule has 0 spiro atoms. The van der Waals surface area contributed by atoms with Crippen molar-refractivity contribution < 1.29 is 0 Å². The number of rotatable bonds is 5. The zero-order valence-electron chi connectivity index (χ0n) is 13.8. The van der Waals surface area contributed by atoms with Crippen LogP contribution in [0.2, 0.25) is 0 Å². The van der Waals surface area contributed by atoms with E-state index in [1.807, 2.05) is 24.0 Å². The molecule has 0 saturated carbocycles. The Kier molecular flexibility index (Phi) is 5.74. The maximum atomic E-state index is 4.32. The van der Waals surface area contributed by atoms with E-state index in [1.165, 1.54) is 5.69 Å². The molecule has 7 heteroatoms. The number of guanidine groups is 1. The Labute approximate surface area is 151 Å². The van der Waals surface area contributed by atoms with Gasteiger partial charge in [0.1, 0.15) is 0 Å². The third-order valence-electron chi connectivity index (χ3n) is 4.14. The molecule has 1 aliphatic heterocycles. The van der Waals surface area contributed by atoms with Crippen molar-refractivity contribution in [1.82, 2.24) is 20.4 Å². The summed E-state index contributed by atoms with van der Waals surface area (Å²) in [6.45, 7) is 3.67. The molecule has 2 N–H and O–H groups in total. The minimum absolute atomic E-state index is 0.407. The first-order chi connectivity index (χ1) is 11.7. The van der Waals surface area contributed by atoms with Gasteiger partial charge in [0.2, 0.25) is 0 Å². The van der Waals surface area contributed by atoms with Gasteiger partial charge in [0, 0.05) is 55.3 Å². The lowest BCUT2D eigenvalue weighted by atomic mass is 10.3. The number of anilines is 1. The maximum absolute atomic E-state index is 4.32. The van der Waals surface area contributed by atoms with Crippen LogP contribution in [0, 0.1) is 0 Å². The Bertz CT molecular complexity index is 652. The molecule has 0 aliphatic carbocycles. The van der Waals surface area contributed by atoms with Crippen LogP contribution in [0.5, 0.6) is 0 Å². The average Bonchev–Trinajstić information content (AvgIpc) is 3.26. The SMILES string of the molecule is CN=C(NCCn1cccn1)NC1CCN(c2ccc(Br)cc2)C1. The fourth-order valence-corrected chi connectivity index (χ4v) is 3.14. The van der Waals surface area contributed by atoms with Gasteiger partial charge in [-0.1, -0.05) is 15.9 Å². The van der Waals surface area contributed by atoms with Crippen LogP contribution in [0.3, 0.4) is 0 Å². The van der Waals surface area contributed by atoms with Crippen LogP contribution in [0.4, 0.5) is 5.69 Å². The van der Waals surface area contributed by atoms with Crippen LogP contribution < -0.4 is 15.5 Å². The van der Waals surface area contributed by atoms with Gasteiger partial charge in [-0.15, -0.1) is 0 Å².